The summed E-state index contributed by atoms with van der Waals surface area (Å²) in [6, 6.07) is 18.2. The number of H-pyrrole nitrogens is 1. The molecule has 1 atom stereocenters. The van der Waals surface area contributed by atoms with Crippen LogP contribution in [-0.2, 0) is 0 Å². The Bertz CT molecular complexity index is 1180. The number of carbonyl (C=O) groups is 1. The summed E-state index contributed by atoms with van der Waals surface area (Å²) in [6.07, 6.45) is 1.91. The topological polar surface area (TPSA) is 56.9 Å². The molecule has 0 fully saturated rings. The van der Waals surface area contributed by atoms with Crippen LogP contribution in [-0.4, -0.2) is 17.6 Å². The molecular weight excluding hydrogens is 384 g/mol. The molecule has 0 unspecified atom stereocenters. The number of benzene rings is 3. The lowest BCUT2D eigenvalue weighted by atomic mass is 9.91. The van der Waals surface area contributed by atoms with Crippen molar-refractivity contribution in [3.63, 3.8) is 0 Å². The summed E-state index contributed by atoms with van der Waals surface area (Å²) in [5, 5.41) is 6.54. The van der Waals surface area contributed by atoms with Crippen LogP contribution in [0.5, 0.6) is 0 Å². The number of aromatic nitrogens is 1. The highest BCUT2D eigenvalue weighted by atomic mass is 19.1. The van der Waals surface area contributed by atoms with Crippen LogP contribution >= 0.6 is 0 Å². The first-order valence-electron chi connectivity index (χ1n) is 9.64. The molecule has 0 aliphatic heterocycles. The second-order valence-electron chi connectivity index (χ2n) is 7.19. The fourth-order valence-electron chi connectivity index (χ4n) is 3.53. The molecule has 4 nitrogen and oxygen atoms in total. The van der Waals surface area contributed by atoms with E-state index in [-0.39, 0.29) is 24.1 Å². The van der Waals surface area contributed by atoms with Crippen LogP contribution < -0.4 is 10.6 Å². The molecule has 152 valence electrons. The van der Waals surface area contributed by atoms with Crippen LogP contribution in [0, 0.1) is 18.6 Å². The Balaban J connectivity index is 1.56. The van der Waals surface area contributed by atoms with Crippen molar-refractivity contribution in [3.05, 3.63) is 101 Å². The Morgan fingerprint density at radius 3 is 2.57 bits per heavy atom. The monoisotopic (exact) mass is 405 g/mol. The van der Waals surface area contributed by atoms with Crippen LogP contribution in [0.25, 0.3) is 10.9 Å². The van der Waals surface area contributed by atoms with E-state index < -0.39 is 6.03 Å². The largest absolute Gasteiger partial charge is 0.361 e. The SMILES string of the molecule is Cc1ccc(NC(=O)NC[C@H](c2ccc(F)cc2)c2c[nH]c3ccccc23)cc1F. The third-order valence-corrected chi connectivity index (χ3v) is 5.17. The summed E-state index contributed by atoms with van der Waals surface area (Å²) < 4.78 is 27.2. The normalized spacial score (nSPS) is 12.0. The average Bonchev–Trinajstić information content (AvgIpc) is 3.16. The van der Waals surface area contributed by atoms with Gasteiger partial charge >= 0.3 is 6.03 Å². The summed E-state index contributed by atoms with van der Waals surface area (Å²) in [5.74, 6) is -0.887. The van der Waals surface area contributed by atoms with Crippen molar-refractivity contribution in [2.45, 2.75) is 12.8 Å². The highest BCUT2D eigenvalue weighted by molar-refractivity contribution is 5.89. The number of hydrogen-bond donors (Lipinski definition) is 3. The molecule has 30 heavy (non-hydrogen) atoms. The van der Waals surface area contributed by atoms with E-state index in [0.29, 0.717) is 11.3 Å². The number of urea groups is 1. The Labute approximate surface area is 172 Å². The maximum absolute atomic E-state index is 13.7. The van der Waals surface area contributed by atoms with E-state index in [1.54, 1.807) is 31.2 Å². The van der Waals surface area contributed by atoms with Crippen molar-refractivity contribution in [1.29, 1.82) is 0 Å². The molecule has 0 saturated heterocycles. The minimum absolute atomic E-state index is 0.192. The van der Waals surface area contributed by atoms with Gasteiger partial charge in [0.25, 0.3) is 0 Å². The number of aryl methyl sites for hydroxylation is 1. The standard InChI is InChI=1S/C24H21F2N3O/c1-15-6-11-18(12-22(15)26)29-24(30)28-13-20(16-7-9-17(25)10-8-16)21-14-27-23-5-3-2-4-19(21)23/h2-12,14,20,27H,13H2,1H3,(H2,28,29,30)/t20-/m1/s1. The minimum atomic E-state index is -0.440. The molecule has 0 aliphatic rings. The van der Waals surface area contributed by atoms with Gasteiger partial charge in [0, 0.05) is 35.2 Å². The van der Waals surface area contributed by atoms with Crippen molar-refractivity contribution in [2.75, 3.05) is 11.9 Å². The number of fused-ring (bicyclic) bond motifs is 1. The molecule has 4 rings (SSSR count). The molecule has 2 amide bonds. The Hall–Kier alpha value is -3.67. The fourth-order valence-corrected chi connectivity index (χ4v) is 3.53. The van der Waals surface area contributed by atoms with E-state index in [1.807, 2.05) is 30.5 Å². The third-order valence-electron chi connectivity index (χ3n) is 5.17. The molecule has 0 aliphatic carbocycles. The number of anilines is 1. The van der Waals surface area contributed by atoms with Crippen LogP contribution in [0.2, 0.25) is 0 Å². The molecule has 0 saturated carbocycles. The van der Waals surface area contributed by atoms with E-state index in [4.69, 9.17) is 0 Å². The van der Waals surface area contributed by atoms with Crippen LogP contribution in [0.4, 0.5) is 19.3 Å². The van der Waals surface area contributed by atoms with Gasteiger partial charge in [-0.1, -0.05) is 36.4 Å². The predicted octanol–water partition coefficient (Wildman–Crippen LogP) is 5.71. The van der Waals surface area contributed by atoms with Crippen LogP contribution in [0.15, 0.2) is 72.9 Å². The van der Waals surface area contributed by atoms with Gasteiger partial charge in [0.1, 0.15) is 11.6 Å². The quantitative estimate of drug-likeness (QED) is 0.391. The van der Waals surface area contributed by atoms with Gasteiger partial charge in [-0.2, -0.15) is 0 Å². The first-order valence-corrected chi connectivity index (χ1v) is 9.64. The van der Waals surface area contributed by atoms with Crippen LogP contribution in [0.1, 0.15) is 22.6 Å². The Morgan fingerprint density at radius 2 is 1.80 bits per heavy atom. The first-order chi connectivity index (χ1) is 14.5. The molecule has 0 radical (unpaired) electrons. The van der Waals surface area contributed by atoms with Gasteiger partial charge < -0.3 is 15.6 Å². The first kappa shape index (κ1) is 19.6. The molecule has 4 aromatic rings. The zero-order valence-corrected chi connectivity index (χ0v) is 16.4. The van der Waals surface area contributed by atoms with Gasteiger partial charge in [0.2, 0.25) is 0 Å². The lowest BCUT2D eigenvalue weighted by Gasteiger charge is -2.18. The molecule has 0 spiro atoms. The summed E-state index contributed by atoms with van der Waals surface area (Å²) in [6.45, 7) is 1.95. The summed E-state index contributed by atoms with van der Waals surface area (Å²) in [4.78, 5) is 15.7. The third kappa shape index (κ3) is 4.17. The van der Waals surface area contributed by atoms with Gasteiger partial charge in [-0.25, -0.2) is 13.6 Å². The van der Waals surface area contributed by atoms with E-state index in [9.17, 15) is 13.6 Å². The van der Waals surface area contributed by atoms with E-state index in [2.05, 4.69) is 15.6 Å². The number of rotatable bonds is 5. The smallest absolute Gasteiger partial charge is 0.319 e. The number of nitrogens with one attached hydrogen (secondary N) is 3. The molecule has 3 N–H and O–H groups in total. The van der Waals surface area contributed by atoms with E-state index in [0.717, 1.165) is 22.0 Å². The maximum atomic E-state index is 13.7. The van der Waals surface area contributed by atoms with Crippen molar-refractivity contribution >= 4 is 22.6 Å². The van der Waals surface area contributed by atoms with Crippen molar-refractivity contribution in [2.24, 2.45) is 0 Å². The van der Waals surface area contributed by atoms with Gasteiger partial charge in [-0.05, 0) is 53.9 Å². The molecule has 6 heteroatoms. The second-order valence-corrected chi connectivity index (χ2v) is 7.19. The highest BCUT2D eigenvalue weighted by Gasteiger charge is 2.19. The minimum Gasteiger partial charge on any atom is -0.361 e. The Kier molecular flexibility index (Phi) is 5.48. The molecule has 0 bridgehead atoms. The maximum Gasteiger partial charge on any atom is 0.319 e. The van der Waals surface area contributed by atoms with E-state index >= 15 is 0 Å². The van der Waals surface area contributed by atoms with Gasteiger partial charge in [0.05, 0.1) is 0 Å². The highest BCUT2D eigenvalue weighted by Crippen LogP contribution is 2.30. The van der Waals surface area contributed by atoms with Gasteiger partial charge in [-0.3, -0.25) is 0 Å². The Morgan fingerprint density at radius 1 is 1.03 bits per heavy atom. The van der Waals surface area contributed by atoms with E-state index in [1.165, 1.54) is 18.2 Å². The summed E-state index contributed by atoms with van der Waals surface area (Å²) in [5.41, 5.74) is 3.75. The fraction of sp³-hybridized carbons (Fsp3) is 0.125. The summed E-state index contributed by atoms with van der Waals surface area (Å²) in [7, 11) is 0. The number of hydrogen-bond acceptors (Lipinski definition) is 1. The lowest BCUT2D eigenvalue weighted by molar-refractivity contribution is 0.252. The number of amides is 2. The van der Waals surface area contributed by atoms with Crippen molar-refractivity contribution in [3.8, 4) is 0 Å². The van der Waals surface area contributed by atoms with Crippen LogP contribution in [0.3, 0.4) is 0 Å². The average molecular weight is 405 g/mol. The van der Waals surface area contributed by atoms with Gasteiger partial charge in [0.15, 0.2) is 0 Å². The van der Waals surface area contributed by atoms with Crippen molar-refractivity contribution in [1.82, 2.24) is 10.3 Å². The predicted molar refractivity (Wildman–Crippen MR) is 115 cm³/mol. The molecule has 1 heterocycles. The number of carbonyl (C=O) groups excluding carboxylic acids is 1. The lowest BCUT2D eigenvalue weighted by Crippen LogP contribution is -2.32. The number of halogens is 2. The summed E-state index contributed by atoms with van der Waals surface area (Å²) >= 11 is 0. The molecular formula is C24H21F2N3O. The molecule has 3 aromatic carbocycles. The zero-order chi connectivity index (χ0) is 21.1. The second kappa shape index (κ2) is 8.37. The number of aromatic amines is 1. The zero-order valence-electron chi connectivity index (χ0n) is 16.4. The number of para-hydroxylation sites is 1. The molecule has 1 aromatic heterocycles. The van der Waals surface area contributed by atoms with Crippen molar-refractivity contribution < 1.29 is 13.6 Å². The van der Waals surface area contributed by atoms with Gasteiger partial charge in [-0.15, -0.1) is 0 Å².